The van der Waals surface area contributed by atoms with Gasteiger partial charge in [0.05, 0.1) is 0 Å². The number of ether oxygens (including phenoxy) is 2. The molecule has 1 aromatic carbocycles. The molecule has 1 N–H and O–H groups in total. The van der Waals surface area contributed by atoms with Crippen molar-refractivity contribution >= 4 is 17.7 Å². The number of hydrogen-bond acceptors (Lipinski definition) is 4. The Labute approximate surface area is 110 Å². The van der Waals surface area contributed by atoms with E-state index < -0.39 is 5.97 Å². The van der Waals surface area contributed by atoms with E-state index in [-0.39, 0.29) is 0 Å². The highest BCUT2D eigenvalue weighted by Crippen LogP contribution is 2.34. The summed E-state index contributed by atoms with van der Waals surface area (Å²) in [4.78, 5) is 11.7. The van der Waals surface area contributed by atoms with Crippen LogP contribution in [0.25, 0.3) is 0 Å². The number of carboxylic acid groups (broad SMARTS) is 1. The lowest BCUT2D eigenvalue weighted by atomic mass is 10.3. The Bertz CT molecular complexity index is 482. The van der Waals surface area contributed by atoms with Gasteiger partial charge in [0.25, 0.3) is 0 Å². The zero-order valence-corrected chi connectivity index (χ0v) is 10.8. The van der Waals surface area contributed by atoms with Crippen molar-refractivity contribution in [2.45, 2.75) is 11.8 Å². The van der Waals surface area contributed by atoms with Gasteiger partial charge in [-0.1, -0.05) is 6.08 Å². The van der Waals surface area contributed by atoms with Crippen LogP contribution in [0.3, 0.4) is 0 Å². The average molecular weight is 266 g/mol. The molecule has 1 aromatic rings. The van der Waals surface area contributed by atoms with Crippen molar-refractivity contribution in [3.8, 4) is 11.5 Å². The van der Waals surface area contributed by atoms with Crippen molar-refractivity contribution in [2.75, 3.05) is 19.0 Å². The fraction of sp³-hybridized carbons (Fsp3) is 0.308. The third-order valence-corrected chi connectivity index (χ3v) is 3.41. The van der Waals surface area contributed by atoms with Crippen LogP contribution in [0.1, 0.15) is 6.92 Å². The summed E-state index contributed by atoms with van der Waals surface area (Å²) in [6, 6.07) is 5.75. The SMILES string of the molecule is CC(=CCSc1ccc2c(c1)OCCO2)C(=O)O. The first kappa shape index (κ1) is 12.8. The van der Waals surface area contributed by atoms with Crippen molar-refractivity contribution in [3.05, 3.63) is 29.8 Å². The second-order valence-corrected chi connectivity index (χ2v) is 4.90. The van der Waals surface area contributed by atoms with E-state index in [0.717, 1.165) is 16.4 Å². The Hall–Kier alpha value is -1.62. The molecule has 4 nitrogen and oxygen atoms in total. The van der Waals surface area contributed by atoms with Crippen LogP contribution in [-0.4, -0.2) is 30.0 Å². The smallest absolute Gasteiger partial charge is 0.330 e. The molecule has 1 heterocycles. The van der Waals surface area contributed by atoms with Crippen molar-refractivity contribution in [3.63, 3.8) is 0 Å². The summed E-state index contributed by atoms with van der Waals surface area (Å²) in [5.74, 6) is 1.27. The third kappa shape index (κ3) is 3.20. The normalized spacial score (nSPS) is 14.4. The van der Waals surface area contributed by atoms with E-state index in [4.69, 9.17) is 14.6 Å². The zero-order chi connectivity index (χ0) is 13.0. The Morgan fingerprint density at radius 2 is 2.11 bits per heavy atom. The highest BCUT2D eigenvalue weighted by Gasteiger charge is 2.11. The molecule has 0 atom stereocenters. The van der Waals surface area contributed by atoms with Crippen molar-refractivity contribution in [1.82, 2.24) is 0 Å². The maximum absolute atomic E-state index is 10.6. The fourth-order valence-corrected chi connectivity index (χ4v) is 2.34. The summed E-state index contributed by atoms with van der Waals surface area (Å²) in [7, 11) is 0. The summed E-state index contributed by atoms with van der Waals surface area (Å²) in [5, 5.41) is 8.72. The Morgan fingerprint density at radius 3 is 2.83 bits per heavy atom. The van der Waals surface area contributed by atoms with E-state index >= 15 is 0 Å². The van der Waals surface area contributed by atoms with Crippen molar-refractivity contribution in [2.24, 2.45) is 0 Å². The molecule has 1 aliphatic rings. The Balaban J connectivity index is 1.98. The number of rotatable bonds is 4. The summed E-state index contributed by atoms with van der Waals surface area (Å²) in [6.45, 7) is 2.74. The molecule has 0 bridgehead atoms. The van der Waals surface area contributed by atoms with E-state index in [9.17, 15) is 4.79 Å². The number of carbonyl (C=O) groups is 1. The molecule has 0 amide bonds. The van der Waals surface area contributed by atoms with Gasteiger partial charge in [0.15, 0.2) is 11.5 Å². The lowest BCUT2D eigenvalue weighted by Crippen LogP contribution is -2.15. The quantitative estimate of drug-likeness (QED) is 0.670. The van der Waals surface area contributed by atoms with Gasteiger partial charge in [-0.15, -0.1) is 11.8 Å². The Morgan fingerprint density at radius 1 is 1.39 bits per heavy atom. The molecule has 18 heavy (non-hydrogen) atoms. The molecular formula is C13H14O4S. The highest BCUT2D eigenvalue weighted by molar-refractivity contribution is 7.99. The molecule has 0 unspecified atom stereocenters. The van der Waals surface area contributed by atoms with Gasteiger partial charge in [0, 0.05) is 16.2 Å². The summed E-state index contributed by atoms with van der Waals surface area (Å²) < 4.78 is 10.9. The van der Waals surface area contributed by atoms with Crippen LogP contribution in [0.4, 0.5) is 0 Å². The standard InChI is InChI=1S/C13H14O4S/c1-9(13(14)15)4-7-18-10-2-3-11-12(8-10)17-6-5-16-11/h2-4,8H,5-7H2,1H3,(H,14,15). The van der Waals surface area contributed by atoms with E-state index in [1.54, 1.807) is 24.8 Å². The van der Waals surface area contributed by atoms with Crippen molar-refractivity contribution in [1.29, 1.82) is 0 Å². The minimum Gasteiger partial charge on any atom is -0.486 e. The molecule has 0 saturated heterocycles. The predicted molar refractivity (Wildman–Crippen MR) is 69.5 cm³/mol. The highest BCUT2D eigenvalue weighted by atomic mass is 32.2. The van der Waals surface area contributed by atoms with E-state index in [1.807, 2.05) is 18.2 Å². The first-order valence-electron chi connectivity index (χ1n) is 5.59. The second-order valence-electron chi connectivity index (χ2n) is 3.81. The lowest BCUT2D eigenvalue weighted by Gasteiger charge is -2.18. The minimum absolute atomic E-state index is 0.361. The number of fused-ring (bicyclic) bond motifs is 1. The molecule has 1 aliphatic heterocycles. The maximum atomic E-state index is 10.6. The number of thioether (sulfide) groups is 1. The fourth-order valence-electron chi connectivity index (χ4n) is 1.46. The van der Waals surface area contributed by atoms with Gasteiger partial charge in [0.1, 0.15) is 13.2 Å². The number of aliphatic carboxylic acids is 1. The second kappa shape index (κ2) is 5.82. The maximum Gasteiger partial charge on any atom is 0.330 e. The molecule has 0 radical (unpaired) electrons. The molecule has 0 spiro atoms. The van der Waals surface area contributed by atoms with Gasteiger partial charge in [-0.2, -0.15) is 0 Å². The molecule has 0 fully saturated rings. The minimum atomic E-state index is -0.877. The van der Waals surface area contributed by atoms with Crippen LogP contribution >= 0.6 is 11.8 Å². The van der Waals surface area contributed by atoms with Gasteiger partial charge in [-0.05, 0) is 25.1 Å². The molecule has 0 aromatic heterocycles. The molecular weight excluding hydrogens is 252 g/mol. The topological polar surface area (TPSA) is 55.8 Å². The first-order chi connectivity index (χ1) is 8.66. The van der Waals surface area contributed by atoms with Crippen LogP contribution in [0.2, 0.25) is 0 Å². The summed E-state index contributed by atoms with van der Waals surface area (Å²) >= 11 is 1.56. The van der Waals surface area contributed by atoms with E-state index in [0.29, 0.717) is 24.5 Å². The van der Waals surface area contributed by atoms with Gasteiger partial charge < -0.3 is 14.6 Å². The van der Waals surface area contributed by atoms with Crippen LogP contribution in [-0.2, 0) is 4.79 Å². The van der Waals surface area contributed by atoms with Crippen LogP contribution in [0.5, 0.6) is 11.5 Å². The summed E-state index contributed by atoms with van der Waals surface area (Å²) in [6.07, 6.45) is 1.70. The monoisotopic (exact) mass is 266 g/mol. The van der Waals surface area contributed by atoms with Crippen LogP contribution in [0.15, 0.2) is 34.7 Å². The van der Waals surface area contributed by atoms with Crippen LogP contribution in [0, 0.1) is 0 Å². The largest absolute Gasteiger partial charge is 0.486 e. The Kier molecular flexibility index (Phi) is 4.15. The molecule has 2 rings (SSSR count). The molecule has 0 saturated carbocycles. The van der Waals surface area contributed by atoms with Crippen molar-refractivity contribution < 1.29 is 19.4 Å². The average Bonchev–Trinajstić information content (AvgIpc) is 2.38. The van der Waals surface area contributed by atoms with Crippen LogP contribution < -0.4 is 9.47 Å². The first-order valence-corrected chi connectivity index (χ1v) is 6.58. The van der Waals surface area contributed by atoms with Gasteiger partial charge in [-0.25, -0.2) is 4.79 Å². The predicted octanol–water partition coefficient (Wildman–Crippen LogP) is 2.58. The molecule has 96 valence electrons. The molecule has 0 aliphatic carbocycles. The van der Waals surface area contributed by atoms with E-state index in [1.165, 1.54) is 0 Å². The lowest BCUT2D eigenvalue weighted by molar-refractivity contribution is -0.132. The van der Waals surface area contributed by atoms with Gasteiger partial charge in [0.2, 0.25) is 0 Å². The summed E-state index contributed by atoms with van der Waals surface area (Å²) in [5.41, 5.74) is 0.361. The number of carboxylic acids is 1. The zero-order valence-electron chi connectivity index (χ0n) is 10.0. The number of hydrogen-bond donors (Lipinski definition) is 1. The van der Waals surface area contributed by atoms with Gasteiger partial charge >= 0.3 is 5.97 Å². The van der Waals surface area contributed by atoms with E-state index in [2.05, 4.69) is 0 Å². The molecule has 5 heteroatoms. The van der Waals surface area contributed by atoms with Gasteiger partial charge in [-0.3, -0.25) is 0 Å². The third-order valence-electron chi connectivity index (χ3n) is 2.49. The number of benzene rings is 1.